The maximum Gasteiger partial charge on any atom is 0.223 e. The first-order valence-corrected chi connectivity index (χ1v) is 7.88. The van der Waals surface area contributed by atoms with Gasteiger partial charge in [0.1, 0.15) is 6.54 Å². The number of rotatable bonds is 5. The Kier molecular flexibility index (Phi) is 5.59. The second-order valence-corrected chi connectivity index (χ2v) is 5.93. The van der Waals surface area contributed by atoms with Crippen LogP contribution >= 0.6 is 15.9 Å². The molecule has 0 saturated carbocycles. The molecular formula is C14H21BrN6O. The monoisotopic (exact) mass is 368 g/mol. The molecule has 0 saturated heterocycles. The largest absolute Gasteiger partial charge is 0.357 e. The number of aryl methyl sites for hydroxylation is 2. The molecule has 0 aliphatic heterocycles. The molecule has 0 amide bonds. The third-order valence-corrected chi connectivity index (χ3v) is 3.54. The van der Waals surface area contributed by atoms with Crippen LogP contribution in [0, 0.1) is 6.92 Å². The van der Waals surface area contributed by atoms with Crippen molar-refractivity contribution >= 4 is 21.9 Å². The van der Waals surface area contributed by atoms with Crippen LogP contribution in [0.1, 0.15) is 24.3 Å². The zero-order chi connectivity index (χ0) is 16.1. The summed E-state index contributed by atoms with van der Waals surface area (Å²) >= 11 is 3.49. The zero-order valence-electron chi connectivity index (χ0n) is 13.3. The van der Waals surface area contributed by atoms with Gasteiger partial charge in [0.25, 0.3) is 0 Å². The maximum atomic E-state index is 4.96. The zero-order valence-corrected chi connectivity index (χ0v) is 14.9. The summed E-state index contributed by atoms with van der Waals surface area (Å²) in [6, 6.07) is 2.10. The van der Waals surface area contributed by atoms with Crippen LogP contribution < -0.4 is 5.32 Å². The van der Waals surface area contributed by atoms with Crippen LogP contribution in [0.15, 0.2) is 26.3 Å². The molecular weight excluding hydrogens is 348 g/mol. The van der Waals surface area contributed by atoms with Crippen LogP contribution in [-0.4, -0.2) is 39.2 Å². The van der Waals surface area contributed by atoms with Crippen molar-refractivity contribution < 1.29 is 4.52 Å². The summed E-state index contributed by atoms with van der Waals surface area (Å²) < 4.78 is 8.12. The van der Waals surface area contributed by atoms with Gasteiger partial charge in [0.2, 0.25) is 5.89 Å². The molecule has 0 aliphatic rings. The average molecular weight is 369 g/mol. The lowest BCUT2D eigenvalue weighted by Gasteiger charge is -2.22. The Bertz CT molecular complexity index is 648. The van der Waals surface area contributed by atoms with Gasteiger partial charge < -0.3 is 19.3 Å². The molecule has 0 spiro atoms. The Labute approximate surface area is 138 Å². The molecule has 2 rings (SSSR count). The highest BCUT2D eigenvalue weighted by Crippen LogP contribution is 2.15. The van der Waals surface area contributed by atoms with Crippen molar-refractivity contribution in [1.82, 2.24) is 24.9 Å². The minimum absolute atomic E-state index is 0.390. The highest BCUT2D eigenvalue weighted by Gasteiger charge is 2.10. The first-order valence-electron chi connectivity index (χ1n) is 7.09. The number of nitrogens with zero attached hydrogens (tertiary/aromatic N) is 5. The Hall–Kier alpha value is -1.83. The lowest BCUT2D eigenvalue weighted by atomic mass is 10.4. The second-order valence-electron chi connectivity index (χ2n) is 5.02. The van der Waals surface area contributed by atoms with Gasteiger partial charge in [0.15, 0.2) is 11.8 Å². The van der Waals surface area contributed by atoms with Gasteiger partial charge in [-0.15, -0.1) is 0 Å². The van der Waals surface area contributed by atoms with Gasteiger partial charge >= 0.3 is 0 Å². The number of aliphatic imine (C=N–C) groups is 1. The van der Waals surface area contributed by atoms with E-state index in [9.17, 15) is 0 Å². The molecule has 0 unspecified atom stereocenters. The standard InChI is InChI=1S/C14H21BrN6O/c1-5-16-14(17-7-13-18-10(2)22-19-13)21(4)9-12-6-11(15)8-20(12)3/h6,8H,5,7,9H2,1-4H3,(H,16,17). The van der Waals surface area contributed by atoms with E-state index in [1.54, 1.807) is 6.92 Å². The molecule has 8 heteroatoms. The van der Waals surface area contributed by atoms with Gasteiger partial charge in [0, 0.05) is 43.9 Å². The van der Waals surface area contributed by atoms with Crippen molar-refractivity contribution in [3.63, 3.8) is 0 Å². The molecule has 2 aromatic rings. The normalized spacial score (nSPS) is 11.8. The predicted octanol–water partition coefficient (Wildman–Crippen LogP) is 2.08. The highest BCUT2D eigenvalue weighted by atomic mass is 79.9. The number of nitrogens with one attached hydrogen (secondary N) is 1. The van der Waals surface area contributed by atoms with Gasteiger partial charge in [-0.1, -0.05) is 5.16 Å². The maximum absolute atomic E-state index is 4.96. The molecule has 0 radical (unpaired) electrons. The van der Waals surface area contributed by atoms with E-state index in [4.69, 9.17) is 4.52 Å². The lowest BCUT2D eigenvalue weighted by molar-refractivity contribution is 0.387. The highest BCUT2D eigenvalue weighted by molar-refractivity contribution is 9.10. The molecule has 120 valence electrons. The molecule has 0 bridgehead atoms. The van der Waals surface area contributed by atoms with Crippen LogP contribution in [0.2, 0.25) is 0 Å². The van der Waals surface area contributed by atoms with E-state index < -0.39 is 0 Å². The van der Waals surface area contributed by atoms with Crippen molar-refractivity contribution in [3.8, 4) is 0 Å². The minimum Gasteiger partial charge on any atom is -0.357 e. The molecule has 0 fully saturated rings. The third-order valence-electron chi connectivity index (χ3n) is 3.11. The smallest absolute Gasteiger partial charge is 0.223 e. The topological polar surface area (TPSA) is 71.5 Å². The number of guanidine groups is 1. The van der Waals surface area contributed by atoms with Gasteiger partial charge in [0.05, 0.1) is 6.54 Å². The van der Waals surface area contributed by atoms with E-state index in [-0.39, 0.29) is 0 Å². The molecule has 1 N–H and O–H groups in total. The second kappa shape index (κ2) is 7.44. The number of halogens is 1. The van der Waals surface area contributed by atoms with Crippen LogP contribution in [0.3, 0.4) is 0 Å². The van der Waals surface area contributed by atoms with Crippen molar-refractivity contribution in [3.05, 3.63) is 34.1 Å². The first-order chi connectivity index (χ1) is 10.5. The molecule has 0 aromatic carbocycles. The fourth-order valence-corrected chi connectivity index (χ4v) is 2.63. The van der Waals surface area contributed by atoms with E-state index in [2.05, 4.69) is 51.9 Å². The minimum atomic E-state index is 0.390. The Morgan fingerprint density at radius 1 is 1.55 bits per heavy atom. The molecule has 7 nitrogen and oxygen atoms in total. The van der Waals surface area contributed by atoms with Crippen molar-refractivity contribution in [2.24, 2.45) is 12.0 Å². The van der Waals surface area contributed by atoms with Gasteiger partial charge in [-0.2, -0.15) is 4.98 Å². The van der Waals surface area contributed by atoms with E-state index >= 15 is 0 Å². The SMILES string of the molecule is CCNC(=NCc1noc(C)n1)N(C)Cc1cc(Br)cn1C. The Morgan fingerprint density at radius 3 is 2.86 bits per heavy atom. The molecule has 0 aliphatic carbocycles. The van der Waals surface area contributed by atoms with Crippen LogP contribution in [-0.2, 0) is 20.1 Å². The molecule has 0 atom stereocenters. The quantitative estimate of drug-likeness (QED) is 0.646. The van der Waals surface area contributed by atoms with E-state index in [1.807, 2.05) is 27.2 Å². The third kappa shape index (κ3) is 4.33. The summed E-state index contributed by atoms with van der Waals surface area (Å²) in [5.74, 6) is 1.95. The van der Waals surface area contributed by atoms with Gasteiger partial charge in [-0.05, 0) is 28.9 Å². The lowest BCUT2D eigenvalue weighted by Crippen LogP contribution is -2.38. The van der Waals surface area contributed by atoms with Gasteiger partial charge in [-0.25, -0.2) is 4.99 Å². The predicted molar refractivity (Wildman–Crippen MR) is 88.4 cm³/mol. The summed E-state index contributed by atoms with van der Waals surface area (Å²) in [6.07, 6.45) is 2.04. The van der Waals surface area contributed by atoms with Gasteiger partial charge in [-0.3, -0.25) is 0 Å². The van der Waals surface area contributed by atoms with Crippen LogP contribution in [0.5, 0.6) is 0 Å². The number of aromatic nitrogens is 3. The summed E-state index contributed by atoms with van der Waals surface area (Å²) in [4.78, 5) is 10.8. The van der Waals surface area contributed by atoms with Crippen molar-refractivity contribution in [2.75, 3.05) is 13.6 Å². The molecule has 2 aromatic heterocycles. The fraction of sp³-hybridized carbons (Fsp3) is 0.500. The number of hydrogen-bond donors (Lipinski definition) is 1. The summed E-state index contributed by atoms with van der Waals surface area (Å²) in [5.41, 5.74) is 1.19. The first kappa shape index (κ1) is 16.5. The summed E-state index contributed by atoms with van der Waals surface area (Å²) in [5, 5.41) is 7.13. The van der Waals surface area contributed by atoms with E-state index in [1.165, 1.54) is 5.69 Å². The summed E-state index contributed by atoms with van der Waals surface area (Å²) in [7, 11) is 4.03. The van der Waals surface area contributed by atoms with Crippen molar-refractivity contribution in [1.29, 1.82) is 0 Å². The Balaban J connectivity index is 2.07. The van der Waals surface area contributed by atoms with E-state index in [0.29, 0.717) is 18.3 Å². The van der Waals surface area contributed by atoms with Crippen LogP contribution in [0.4, 0.5) is 0 Å². The Morgan fingerprint density at radius 2 is 2.32 bits per heavy atom. The van der Waals surface area contributed by atoms with Crippen molar-refractivity contribution in [2.45, 2.75) is 26.9 Å². The summed E-state index contributed by atoms with van der Waals surface area (Å²) in [6.45, 7) is 5.75. The van der Waals surface area contributed by atoms with E-state index in [0.717, 1.165) is 23.5 Å². The molecule has 2 heterocycles. The fourth-order valence-electron chi connectivity index (χ4n) is 2.06. The average Bonchev–Trinajstić information content (AvgIpc) is 3.00. The molecule has 22 heavy (non-hydrogen) atoms. The van der Waals surface area contributed by atoms with Crippen LogP contribution in [0.25, 0.3) is 0 Å². The number of hydrogen-bond acceptors (Lipinski definition) is 4.